The van der Waals surface area contributed by atoms with E-state index >= 15 is 0 Å². The van der Waals surface area contributed by atoms with Crippen molar-refractivity contribution in [1.82, 2.24) is 4.41 Å². The number of hydrogen-bond acceptors (Lipinski definition) is 6. The van der Waals surface area contributed by atoms with Gasteiger partial charge in [0.1, 0.15) is 11.8 Å². The van der Waals surface area contributed by atoms with E-state index in [1.54, 1.807) is 43.3 Å². The fraction of sp³-hybridized carbons (Fsp3) is 0.312. The van der Waals surface area contributed by atoms with Crippen molar-refractivity contribution in [2.75, 3.05) is 16.7 Å². The summed E-state index contributed by atoms with van der Waals surface area (Å²) in [4.78, 5) is 0. The first-order valence-electron chi connectivity index (χ1n) is 7.91. The summed E-state index contributed by atoms with van der Waals surface area (Å²) in [6.07, 6.45) is 2.80. The second kappa shape index (κ2) is 6.76. The van der Waals surface area contributed by atoms with Crippen molar-refractivity contribution >= 4 is 31.4 Å². The van der Waals surface area contributed by atoms with Gasteiger partial charge in [0.25, 0.3) is 0 Å². The first kappa shape index (κ1) is 18.5. The molecule has 0 aliphatic carbocycles. The Labute approximate surface area is 152 Å². The van der Waals surface area contributed by atoms with Crippen molar-refractivity contribution < 1.29 is 21.3 Å². The summed E-state index contributed by atoms with van der Waals surface area (Å²) in [5.74, 6) is 0.374. The number of benzene rings is 1. The topological polar surface area (TPSA) is 109 Å². The maximum Gasteiger partial charge on any atom is 0.250 e. The normalized spacial score (nSPS) is 18.0. The molecule has 8 nitrogen and oxygen atoms in total. The molecular weight excluding hydrogens is 378 g/mol. The molecule has 0 saturated carbocycles. The van der Waals surface area contributed by atoms with Crippen molar-refractivity contribution in [3.8, 4) is 0 Å². The predicted molar refractivity (Wildman–Crippen MR) is 98.8 cm³/mol. The van der Waals surface area contributed by atoms with Gasteiger partial charge in [-0.1, -0.05) is 18.2 Å². The number of para-hydroxylation sites is 1. The quantitative estimate of drug-likeness (QED) is 0.803. The van der Waals surface area contributed by atoms with Crippen LogP contribution in [0.1, 0.15) is 30.7 Å². The summed E-state index contributed by atoms with van der Waals surface area (Å²) in [5, 5.41) is 4.30. The molecule has 1 N–H and O–H groups in total. The fourth-order valence-electron chi connectivity index (χ4n) is 2.76. The number of hydrazone groups is 1. The van der Waals surface area contributed by atoms with E-state index in [1.807, 2.05) is 0 Å². The van der Waals surface area contributed by atoms with E-state index in [-0.39, 0.29) is 12.2 Å². The van der Waals surface area contributed by atoms with Crippen LogP contribution in [0.15, 0.2) is 52.2 Å². The number of nitrogens with one attached hydrogen (secondary N) is 1. The summed E-state index contributed by atoms with van der Waals surface area (Å²) in [5.41, 5.74) is 1.35. The lowest BCUT2D eigenvalue weighted by Gasteiger charge is -2.20. The highest BCUT2D eigenvalue weighted by atomic mass is 32.2. The SMILES string of the molecule is CCS(=O)(=O)N1N=C(c2ccccc2NS(C)(=O)=O)C[C@H]1c1ccco1. The molecule has 0 unspecified atom stereocenters. The first-order chi connectivity index (χ1) is 12.2. The molecule has 10 heteroatoms. The number of rotatable bonds is 6. The second-order valence-corrected chi connectivity index (χ2v) is 9.74. The Bertz CT molecular complexity index is 1030. The molecule has 1 aliphatic rings. The summed E-state index contributed by atoms with van der Waals surface area (Å²) in [7, 11) is -7.10. The zero-order valence-corrected chi connectivity index (χ0v) is 15.9. The van der Waals surface area contributed by atoms with Gasteiger partial charge < -0.3 is 4.42 Å². The molecule has 140 valence electrons. The van der Waals surface area contributed by atoms with Crippen LogP contribution in [-0.4, -0.2) is 39.0 Å². The minimum Gasteiger partial charge on any atom is -0.467 e. The van der Waals surface area contributed by atoms with Crippen molar-refractivity contribution in [2.24, 2.45) is 5.10 Å². The van der Waals surface area contributed by atoms with Gasteiger partial charge in [-0.3, -0.25) is 4.72 Å². The van der Waals surface area contributed by atoms with Crippen LogP contribution in [0, 0.1) is 0 Å². The van der Waals surface area contributed by atoms with Crippen LogP contribution in [-0.2, 0) is 20.0 Å². The lowest BCUT2D eigenvalue weighted by molar-refractivity contribution is 0.320. The van der Waals surface area contributed by atoms with E-state index in [1.165, 1.54) is 6.26 Å². The van der Waals surface area contributed by atoms with Crippen LogP contribution in [0.4, 0.5) is 5.69 Å². The maximum absolute atomic E-state index is 12.5. The summed E-state index contributed by atoms with van der Waals surface area (Å²) >= 11 is 0. The zero-order chi connectivity index (χ0) is 18.9. The minimum atomic E-state index is -3.61. The van der Waals surface area contributed by atoms with E-state index in [0.29, 0.717) is 22.7 Å². The lowest BCUT2D eigenvalue weighted by atomic mass is 10.0. The molecule has 1 atom stereocenters. The van der Waals surface area contributed by atoms with E-state index in [0.717, 1.165) is 10.7 Å². The molecule has 1 aromatic carbocycles. The molecule has 0 radical (unpaired) electrons. The van der Waals surface area contributed by atoms with Gasteiger partial charge >= 0.3 is 0 Å². The summed E-state index contributed by atoms with van der Waals surface area (Å²) in [6, 6.07) is 9.52. The molecule has 2 heterocycles. The largest absolute Gasteiger partial charge is 0.467 e. The number of sulfonamides is 2. The molecular formula is C16H19N3O5S2. The van der Waals surface area contributed by atoms with E-state index in [9.17, 15) is 16.8 Å². The molecule has 3 rings (SSSR count). The Balaban J connectivity index is 2.05. The number of anilines is 1. The minimum absolute atomic E-state index is 0.107. The smallest absolute Gasteiger partial charge is 0.250 e. The molecule has 0 fully saturated rings. The van der Waals surface area contributed by atoms with Crippen LogP contribution >= 0.6 is 0 Å². The van der Waals surface area contributed by atoms with Gasteiger partial charge in [-0.25, -0.2) is 16.8 Å². The molecule has 26 heavy (non-hydrogen) atoms. The fourth-order valence-corrected chi connectivity index (χ4v) is 4.39. The van der Waals surface area contributed by atoms with Crippen molar-refractivity contribution in [2.45, 2.75) is 19.4 Å². The third-order valence-corrected chi connectivity index (χ3v) is 6.15. The number of nitrogens with zero attached hydrogens (tertiary/aromatic N) is 2. The Morgan fingerprint density at radius 3 is 2.54 bits per heavy atom. The van der Waals surface area contributed by atoms with Crippen molar-refractivity contribution in [1.29, 1.82) is 0 Å². The Morgan fingerprint density at radius 2 is 1.92 bits per heavy atom. The van der Waals surface area contributed by atoms with Crippen molar-refractivity contribution in [3.63, 3.8) is 0 Å². The van der Waals surface area contributed by atoms with Crippen molar-refractivity contribution in [3.05, 3.63) is 54.0 Å². The third kappa shape index (κ3) is 3.75. The zero-order valence-electron chi connectivity index (χ0n) is 14.3. The van der Waals surface area contributed by atoms with E-state index in [4.69, 9.17) is 4.42 Å². The number of furan rings is 1. The van der Waals surface area contributed by atoms with Crippen LogP contribution < -0.4 is 4.72 Å². The lowest BCUT2D eigenvalue weighted by Crippen LogP contribution is -2.28. The molecule has 0 saturated heterocycles. The standard InChI is InChI=1S/C16H19N3O5S2/c1-3-26(22,23)19-15(16-9-6-10-24-16)11-14(17-19)12-7-4-5-8-13(12)18-25(2,20)21/h4-10,15,18H,3,11H2,1-2H3/t15-/m0/s1. The molecule has 1 aliphatic heterocycles. The number of hydrogen-bond donors (Lipinski definition) is 1. The molecule has 0 spiro atoms. The van der Waals surface area contributed by atoms with Gasteiger partial charge in [-0.2, -0.15) is 9.52 Å². The molecule has 0 bridgehead atoms. The van der Waals surface area contributed by atoms with Gasteiger partial charge in [0.2, 0.25) is 20.0 Å². The van der Waals surface area contributed by atoms with Gasteiger partial charge in [0, 0.05) is 12.0 Å². The van der Waals surface area contributed by atoms with E-state index in [2.05, 4.69) is 9.82 Å². The van der Waals surface area contributed by atoms with Gasteiger partial charge in [-0.05, 0) is 25.1 Å². The highest BCUT2D eigenvalue weighted by Gasteiger charge is 2.38. The van der Waals surface area contributed by atoms with E-state index < -0.39 is 26.1 Å². The van der Waals surface area contributed by atoms with Crippen LogP contribution in [0.3, 0.4) is 0 Å². The first-order valence-corrected chi connectivity index (χ1v) is 11.4. The third-order valence-electron chi connectivity index (χ3n) is 3.93. The highest BCUT2D eigenvalue weighted by molar-refractivity contribution is 7.92. The molecule has 1 aromatic heterocycles. The average Bonchev–Trinajstić information content (AvgIpc) is 3.23. The summed E-state index contributed by atoms with van der Waals surface area (Å²) in [6.45, 7) is 1.54. The Morgan fingerprint density at radius 1 is 1.19 bits per heavy atom. The van der Waals surface area contributed by atoms with Crippen LogP contribution in [0.25, 0.3) is 0 Å². The monoisotopic (exact) mass is 397 g/mol. The maximum atomic E-state index is 12.5. The predicted octanol–water partition coefficient (Wildman–Crippen LogP) is 2.15. The second-order valence-electron chi connectivity index (χ2n) is 5.87. The van der Waals surface area contributed by atoms with Crippen LogP contribution in [0.5, 0.6) is 0 Å². The van der Waals surface area contributed by atoms with Gasteiger partial charge in [0.05, 0.1) is 29.7 Å². The Hall–Kier alpha value is -2.33. The highest BCUT2D eigenvalue weighted by Crippen LogP contribution is 2.36. The molecule has 2 aromatic rings. The average molecular weight is 397 g/mol. The molecule has 0 amide bonds. The van der Waals surface area contributed by atoms with Gasteiger partial charge in [-0.15, -0.1) is 0 Å². The van der Waals surface area contributed by atoms with Crippen LogP contribution in [0.2, 0.25) is 0 Å². The summed E-state index contributed by atoms with van der Waals surface area (Å²) < 4.78 is 57.0. The van der Waals surface area contributed by atoms with Gasteiger partial charge in [0.15, 0.2) is 0 Å². The Kier molecular flexibility index (Phi) is 4.80.